The summed E-state index contributed by atoms with van der Waals surface area (Å²) in [4.78, 5) is 0. The van der Waals surface area contributed by atoms with Gasteiger partial charge in [0.2, 0.25) is 0 Å². The lowest BCUT2D eigenvalue weighted by atomic mass is 10.2. The molecule has 64 valence electrons. The van der Waals surface area contributed by atoms with Crippen LogP contribution in [-0.4, -0.2) is 13.2 Å². The first kappa shape index (κ1) is 7.58. The summed E-state index contributed by atoms with van der Waals surface area (Å²) in [5, 5.41) is 3.23. The fourth-order valence-corrected chi connectivity index (χ4v) is 1.31. The van der Waals surface area contributed by atoms with E-state index in [9.17, 15) is 0 Å². The van der Waals surface area contributed by atoms with Crippen molar-refractivity contribution in [1.82, 2.24) is 5.32 Å². The molecule has 0 radical (unpaired) electrons. The van der Waals surface area contributed by atoms with E-state index in [-0.39, 0.29) is 6.23 Å². The number of hydrogen-bond donors (Lipinski definition) is 2. The van der Waals surface area contributed by atoms with Crippen LogP contribution in [0.4, 0.5) is 5.69 Å². The van der Waals surface area contributed by atoms with Gasteiger partial charge in [-0.2, -0.15) is 0 Å². The third-order valence-electron chi connectivity index (χ3n) is 1.96. The predicted octanol–water partition coefficient (Wildman–Crippen LogP) is 0.887. The quantitative estimate of drug-likeness (QED) is 0.606. The summed E-state index contributed by atoms with van der Waals surface area (Å²) in [5.41, 5.74) is 7.49. The van der Waals surface area contributed by atoms with Crippen molar-refractivity contribution >= 4 is 5.69 Å². The molecule has 0 spiro atoms. The van der Waals surface area contributed by atoms with Gasteiger partial charge in [-0.05, 0) is 17.7 Å². The molecule has 0 saturated carbocycles. The smallest absolute Gasteiger partial charge is 0.134 e. The molecule has 1 unspecified atom stereocenters. The molecule has 3 N–H and O–H groups in total. The first-order valence-corrected chi connectivity index (χ1v) is 4.07. The number of nitrogen functional groups attached to an aromatic ring is 1. The predicted molar refractivity (Wildman–Crippen MR) is 47.6 cm³/mol. The zero-order valence-corrected chi connectivity index (χ0v) is 6.79. The van der Waals surface area contributed by atoms with E-state index in [2.05, 4.69) is 5.32 Å². The van der Waals surface area contributed by atoms with Gasteiger partial charge in [0.25, 0.3) is 0 Å². The van der Waals surface area contributed by atoms with E-state index in [4.69, 9.17) is 10.5 Å². The Bertz CT molecular complexity index is 252. The SMILES string of the molecule is Nc1ccc(C2NCCO2)cc1. The standard InChI is InChI=1S/C9H12N2O/c10-8-3-1-7(2-4-8)9-11-5-6-12-9/h1-4,9,11H,5-6,10H2. The zero-order valence-electron chi connectivity index (χ0n) is 6.79. The lowest BCUT2D eigenvalue weighted by Crippen LogP contribution is -2.13. The molecule has 1 fully saturated rings. The fraction of sp³-hybridized carbons (Fsp3) is 0.333. The maximum atomic E-state index is 5.56. The summed E-state index contributed by atoms with van der Waals surface area (Å²) in [6.07, 6.45) is 0.0607. The number of nitrogens with two attached hydrogens (primary N) is 1. The molecule has 1 aromatic carbocycles. The normalized spacial score (nSPS) is 22.8. The minimum Gasteiger partial charge on any atom is -0.399 e. The summed E-state index contributed by atoms with van der Waals surface area (Å²) in [6.45, 7) is 1.71. The monoisotopic (exact) mass is 164 g/mol. The van der Waals surface area contributed by atoms with Crippen LogP contribution < -0.4 is 11.1 Å². The van der Waals surface area contributed by atoms with Crippen LogP contribution >= 0.6 is 0 Å². The maximum Gasteiger partial charge on any atom is 0.134 e. The van der Waals surface area contributed by atoms with Gasteiger partial charge in [-0.3, -0.25) is 5.32 Å². The highest BCUT2D eigenvalue weighted by Gasteiger charge is 2.15. The minimum atomic E-state index is 0.0607. The molecule has 1 heterocycles. The molecule has 0 amide bonds. The minimum absolute atomic E-state index is 0.0607. The number of rotatable bonds is 1. The Hall–Kier alpha value is -1.06. The Balaban J connectivity index is 2.17. The molecule has 0 aromatic heterocycles. The topological polar surface area (TPSA) is 47.3 Å². The summed E-state index contributed by atoms with van der Waals surface area (Å²) < 4.78 is 5.43. The first-order valence-electron chi connectivity index (χ1n) is 4.07. The molecular formula is C9H12N2O. The van der Waals surface area contributed by atoms with E-state index in [0.29, 0.717) is 0 Å². The molecule has 1 atom stereocenters. The molecule has 2 rings (SSSR count). The van der Waals surface area contributed by atoms with Gasteiger partial charge in [-0.25, -0.2) is 0 Å². The number of benzene rings is 1. The van der Waals surface area contributed by atoms with Gasteiger partial charge in [-0.15, -0.1) is 0 Å². The molecule has 1 aliphatic heterocycles. The summed E-state index contributed by atoms with van der Waals surface area (Å²) >= 11 is 0. The van der Waals surface area contributed by atoms with Crippen molar-refractivity contribution < 1.29 is 4.74 Å². The van der Waals surface area contributed by atoms with E-state index >= 15 is 0 Å². The van der Waals surface area contributed by atoms with Crippen LogP contribution in [0.5, 0.6) is 0 Å². The summed E-state index contributed by atoms with van der Waals surface area (Å²) in [6, 6.07) is 7.74. The van der Waals surface area contributed by atoms with Gasteiger partial charge in [0.1, 0.15) is 6.23 Å². The lowest BCUT2D eigenvalue weighted by Gasteiger charge is -2.09. The van der Waals surface area contributed by atoms with Crippen LogP contribution in [0.3, 0.4) is 0 Å². The molecule has 3 heteroatoms. The van der Waals surface area contributed by atoms with E-state index in [0.717, 1.165) is 24.4 Å². The summed E-state index contributed by atoms with van der Waals surface area (Å²) in [5.74, 6) is 0. The highest BCUT2D eigenvalue weighted by Crippen LogP contribution is 2.18. The Morgan fingerprint density at radius 2 is 2.08 bits per heavy atom. The van der Waals surface area contributed by atoms with E-state index in [1.165, 1.54) is 0 Å². The molecular weight excluding hydrogens is 152 g/mol. The van der Waals surface area contributed by atoms with E-state index in [1.807, 2.05) is 24.3 Å². The Kier molecular flexibility index (Phi) is 1.98. The van der Waals surface area contributed by atoms with Crippen LogP contribution in [0.1, 0.15) is 11.8 Å². The third-order valence-corrected chi connectivity index (χ3v) is 1.96. The largest absolute Gasteiger partial charge is 0.399 e. The van der Waals surface area contributed by atoms with Gasteiger partial charge in [0.05, 0.1) is 6.61 Å². The van der Waals surface area contributed by atoms with Gasteiger partial charge >= 0.3 is 0 Å². The highest BCUT2D eigenvalue weighted by molar-refractivity contribution is 5.39. The summed E-state index contributed by atoms with van der Waals surface area (Å²) in [7, 11) is 0. The van der Waals surface area contributed by atoms with Crippen LogP contribution in [0, 0.1) is 0 Å². The van der Waals surface area contributed by atoms with Crippen molar-refractivity contribution in [3.05, 3.63) is 29.8 Å². The zero-order chi connectivity index (χ0) is 8.39. The molecule has 0 aliphatic carbocycles. The second kappa shape index (κ2) is 3.13. The van der Waals surface area contributed by atoms with E-state index < -0.39 is 0 Å². The molecule has 0 bridgehead atoms. The Morgan fingerprint density at radius 3 is 2.67 bits per heavy atom. The molecule has 1 saturated heterocycles. The van der Waals surface area contributed by atoms with Crippen LogP contribution in [0.15, 0.2) is 24.3 Å². The molecule has 12 heavy (non-hydrogen) atoms. The van der Waals surface area contributed by atoms with Crippen molar-refractivity contribution in [2.24, 2.45) is 0 Å². The van der Waals surface area contributed by atoms with Crippen molar-refractivity contribution in [2.75, 3.05) is 18.9 Å². The average Bonchev–Trinajstić information content (AvgIpc) is 2.58. The van der Waals surface area contributed by atoms with Crippen molar-refractivity contribution in [3.63, 3.8) is 0 Å². The highest BCUT2D eigenvalue weighted by atomic mass is 16.5. The van der Waals surface area contributed by atoms with E-state index in [1.54, 1.807) is 0 Å². The second-order valence-electron chi connectivity index (χ2n) is 2.87. The molecule has 1 aromatic rings. The fourth-order valence-electron chi connectivity index (χ4n) is 1.31. The number of hydrogen-bond acceptors (Lipinski definition) is 3. The molecule has 1 aliphatic rings. The van der Waals surface area contributed by atoms with Crippen LogP contribution in [0.25, 0.3) is 0 Å². The van der Waals surface area contributed by atoms with Gasteiger partial charge < -0.3 is 10.5 Å². The van der Waals surface area contributed by atoms with Gasteiger partial charge in [0, 0.05) is 12.2 Å². The first-order chi connectivity index (χ1) is 5.86. The van der Waals surface area contributed by atoms with Crippen molar-refractivity contribution in [3.8, 4) is 0 Å². The lowest BCUT2D eigenvalue weighted by molar-refractivity contribution is 0.102. The van der Waals surface area contributed by atoms with Crippen LogP contribution in [0.2, 0.25) is 0 Å². The number of nitrogens with one attached hydrogen (secondary N) is 1. The Morgan fingerprint density at radius 1 is 1.33 bits per heavy atom. The Labute approximate surface area is 71.5 Å². The van der Waals surface area contributed by atoms with Crippen molar-refractivity contribution in [1.29, 1.82) is 0 Å². The van der Waals surface area contributed by atoms with Crippen molar-refractivity contribution in [2.45, 2.75) is 6.23 Å². The second-order valence-corrected chi connectivity index (χ2v) is 2.87. The number of anilines is 1. The number of ether oxygens (including phenoxy) is 1. The average molecular weight is 164 g/mol. The molecule has 3 nitrogen and oxygen atoms in total. The maximum absolute atomic E-state index is 5.56. The van der Waals surface area contributed by atoms with Crippen LogP contribution in [-0.2, 0) is 4.74 Å². The van der Waals surface area contributed by atoms with Gasteiger partial charge in [0.15, 0.2) is 0 Å². The van der Waals surface area contributed by atoms with Gasteiger partial charge in [-0.1, -0.05) is 12.1 Å². The third kappa shape index (κ3) is 1.42.